The first kappa shape index (κ1) is 16.6. The predicted octanol–water partition coefficient (Wildman–Crippen LogP) is 0.534. The van der Waals surface area contributed by atoms with E-state index in [0.29, 0.717) is 26.2 Å². The number of imide groups is 2. The van der Waals surface area contributed by atoms with Crippen LogP contribution >= 0.6 is 0 Å². The fourth-order valence-corrected chi connectivity index (χ4v) is 1.77. The lowest BCUT2D eigenvalue weighted by atomic mass is 9.89. The van der Waals surface area contributed by atoms with Crippen molar-refractivity contribution in [3.8, 4) is 0 Å². The Labute approximate surface area is 118 Å². The molecule has 0 aromatic heterocycles. The Balaban J connectivity index is 2.34. The molecule has 20 heavy (non-hydrogen) atoms. The second kappa shape index (κ2) is 7.35. The van der Waals surface area contributed by atoms with Crippen LogP contribution in [0.4, 0.5) is 4.79 Å². The van der Waals surface area contributed by atoms with E-state index in [2.05, 4.69) is 5.32 Å². The Bertz CT molecular complexity index is 381. The van der Waals surface area contributed by atoms with Gasteiger partial charge in [0.25, 0.3) is 0 Å². The maximum Gasteiger partial charge on any atom is 0.330 e. The number of nitrogens with zero attached hydrogens (tertiary/aromatic N) is 1. The van der Waals surface area contributed by atoms with Gasteiger partial charge in [0.15, 0.2) is 0 Å². The summed E-state index contributed by atoms with van der Waals surface area (Å²) in [6.07, 6.45) is 1.37. The summed E-state index contributed by atoms with van der Waals surface area (Å²) in [7, 11) is 1.60. The molecule has 1 fully saturated rings. The molecule has 0 aliphatic carbocycles. The van der Waals surface area contributed by atoms with Crippen LogP contribution in [-0.2, 0) is 19.1 Å². The van der Waals surface area contributed by atoms with Gasteiger partial charge in [-0.05, 0) is 26.7 Å². The molecule has 1 heterocycles. The Hall–Kier alpha value is -1.47. The van der Waals surface area contributed by atoms with Gasteiger partial charge in [0.1, 0.15) is 5.41 Å². The van der Waals surface area contributed by atoms with Crippen molar-refractivity contribution in [1.29, 1.82) is 0 Å². The lowest BCUT2D eigenvalue weighted by molar-refractivity contribution is -0.149. The number of carbonyl (C=O) groups excluding carboxylic acids is 3. The van der Waals surface area contributed by atoms with Gasteiger partial charge in [0.05, 0.1) is 13.2 Å². The van der Waals surface area contributed by atoms with Crippen molar-refractivity contribution >= 4 is 17.8 Å². The van der Waals surface area contributed by atoms with Gasteiger partial charge >= 0.3 is 6.03 Å². The molecule has 7 heteroatoms. The zero-order chi connectivity index (χ0) is 15.2. The van der Waals surface area contributed by atoms with E-state index < -0.39 is 23.3 Å². The van der Waals surface area contributed by atoms with Gasteiger partial charge in [-0.2, -0.15) is 0 Å². The third-order valence-corrected chi connectivity index (χ3v) is 3.17. The van der Waals surface area contributed by atoms with E-state index in [1.54, 1.807) is 7.11 Å². The predicted molar refractivity (Wildman–Crippen MR) is 71.0 cm³/mol. The van der Waals surface area contributed by atoms with E-state index >= 15 is 0 Å². The summed E-state index contributed by atoms with van der Waals surface area (Å²) in [4.78, 5) is 36.3. The van der Waals surface area contributed by atoms with E-state index in [-0.39, 0.29) is 6.54 Å². The molecule has 0 radical (unpaired) electrons. The highest BCUT2D eigenvalue weighted by Crippen LogP contribution is 2.23. The zero-order valence-corrected chi connectivity index (χ0v) is 12.2. The van der Waals surface area contributed by atoms with Crippen molar-refractivity contribution in [2.24, 2.45) is 5.41 Å². The molecule has 4 amide bonds. The fourth-order valence-electron chi connectivity index (χ4n) is 1.77. The number of unbranched alkanes of at least 4 members (excludes halogenated alkanes) is 1. The molecule has 0 aromatic rings. The molecule has 114 valence electrons. The Morgan fingerprint density at radius 1 is 1.10 bits per heavy atom. The van der Waals surface area contributed by atoms with Gasteiger partial charge in [0.2, 0.25) is 11.8 Å². The van der Waals surface area contributed by atoms with Crippen molar-refractivity contribution in [2.45, 2.75) is 26.7 Å². The van der Waals surface area contributed by atoms with Crippen molar-refractivity contribution in [3.63, 3.8) is 0 Å². The molecule has 1 rings (SSSR count). The summed E-state index contributed by atoms with van der Waals surface area (Å²) in [5, 5.41) is 2.20. The third kappa shape index (κ3) is 4.01. The number of nitrogens with one attached hydrogen (secondary N) is 1. The maximum atomic E-state index is 12.1. The molecule has 0 atom stereocenters. The van der Waals surface area contributed by atoms with Gasteiger partial charge in [-0.15, -0.1) is 0 Å². The molecule has 1 saturated heterocycles. The number of hydrogen-bond acceptors (Lipinski definition) is 5. The largest absolute Gasteiger partial charge is 0.382 e. The summed E-state index contributed by atoms with van der Waals surface area (Å²) in [6, 6.07) is -0.639. The molecule has 7 nitrogen and oxygen atoms in total. The van der Waals surface area contributed by atoms with E-state index in [4.69, 9.17) is 9.47 Å². The molecule has 0 saturated carbocycles. The van der Waals surface area contributed by atoms with Crippen LogP contribution < -0.4 is 5.32 Å². The lowest BCUT2D eigenvalue weighted by Crippen LogP contribution is -2.61. The topological polar surface area (TPSA) is 84.9 Å². The number of rotatable bonds is 8. The van der Waals surface area contributed by atoms with Gasteiger partial charge < -0.3 is 9.47 Å². The van der Waals surface area contributed by atoms with Gasteiger partial charge in [-0.25, -0.2) is 4.79 Å². The maximum absolute atomic E-state index is 12.1. The minimum Gasteiger partial charge on any atom is -0.382 e. The molecular formula is C13H22N2O5. The molecule has 0 aromatic carbocycles. The fraction of sp³-hybridized carbons (Fsp3) is 0.769. The number of methoxy groups -OCH3 is 1. The number of carbonyl (C=O) groups is 3. The van der Waals surface area contributed by atoms with Crippen molar-refractivity contribution in [2.75, 3.05) is 33.5 Å². The molecule has 0 unspecified atom stereocenters. The zero-order valence-electron chi connectivity index (χ0n) is 12.2. The number of urea groups is 1. The number of barbiturate groups is 1. The molecule has 1 aliphatic rings. The molecule has 1 aliphatic heterocycles. The van der Waals surface area contributed by atoms with Crippen LogP contribution in [0.5, 0.6) is 0 Å². The standard InChI is InChI=1S/C13H22N2O5/c1-13(2)10(16)14-12(18)15(11(13)17)6-4-5-7-20-9-8-19-3/h4-9H2,1-3H3,(H,14,16,18). The van der Waals surface area contributed by atoms with Gasteiger partial charge in [-0.1, -0.05) is 0 Å². The van der Waals surface area contributed by atoms with Crippen molar-refractivity contribution in [1.82, 2.24) is 10.2 Å². The van der Waals surface area contributed by atoms with E-state index in [1.165, 1.54) is 13.8 Å². The van der Waals surface area contributed by atoms with Crippen LogP contribution in [0.1, 0.15) is 26.7 Å². The Kier molecular flexibility index (Phi) is 6.09. The number of ether oxygens (including phenoxy) is 2. The molecular weight excluding hydrogens is 264 g/mol. The van der Waals surface area contributed by atoms with E-state index in [1.807, 2.05) is 0 Å². The Morgan fingerprint density at radius 3 is 2.45 bits per heavy atom. The quantitative estimate of drug-likeness (QED) is 0.520. The summed E-state index contributed by atoms with van der Waals surface area (Å²) in [5.41, 5.74) is -1.19. The van der Waals surface area contributed by atoms with Crippen LogP contribution in [-0.4, -0.2) is 56.2 Å². The summed E-state index contributed by atoms with van der Waals surface area (Å²) in [6.45, 7) is 4.94. The van der Waals surface area contributed by atoms with Crippen LogP contribution in [0.25, 0.3) is 0 Å². The van der Waals surface area contributed by atoms with E-state index in [9.17, 15) is 14.4 Å². The second-order valence-electron chi connectivity index (χ2n) is 5.15. The van der Waals surface area contributed by atoms with Crippen molar-refractivity contribution in [3.05, 3.63) is 0 Å². The minimum atomic E-state index is -1.19. The average molecular weight is 286 g/mol. The highest BCUT2D eigenvalue weighted by molar-refractivity contribution is 6.18. The molecule has 0 bridgehead atoms. The SMILES string of the molecule is COCCOCCCCN1C(=O)NC(=O)C(C)(C)C1=O. The first-order chi connectivity index (χ1) is 9.41. The second-order valence-corrected chi connectivity index (χ2v) is 5.15. The smallest absolute Gasteiger partial charge is 0.330 e. The normalized spacial score (nSPS) is 18.4. The van der Waals surface area contributed by atoms with Crippen LogP contribution in [0, 0.1) is 5.41 Å². The van der Waals surface area contributed by atoms with Gasteiger partial charge in [0, 0.05) is 20.3 Å². The highest BCUT2D eigenvalue weighted by Gasteiger charge is 2.46. The third-order valence-electron chi connectivity index (χ3n) is 3.17. The summed E-state index contributed by atoms with van der Waals surface area (Å²) in [5.74, 6) is -1.00. The van der Waals surface area contributed by atoms with Crippen LogP contribution in [0.2, 0.25) is 0 Å². The summed E-state index contributed by atoms with van der Waals surface area (Å²) >= 11 is 0. The molecule has 1 N–H and O–H groups in total. The van der Waals surface area contributed by atoms with Crippen LogP contribution in [0.3, 0.4) is 0 Å². The minimum absolute atomic E-state index is 0.287. The Morgan fingerprint density at radius 2 is 1.80 bits per heavy atom. The highest BCUT2D eigenvalue weighted by atomic mass is 16.5. The first-order valence-corrected chi connectivity index (χ1v) is 6.65. The van der Waals surface area contributed by atoms with Crippen molar-refractivity contribution < 1.29 is 23.9 Å². The number of hydrogen-bond donors (Lipinski definition) is 1. The molecule has 0 spiro atoms. The van der Waals surface area contributed by atoms with Gasteiger partial charge in [-0.3, -0.25) is 19.8 Å². The lowest BCUT2D eigenvalue weighted by Gasteiger charge is -2.34. The average Bonchev–Trinajstić information content (AvgIpc) is 2.39. The summed E-state index contributed by atoms with van der Waals surface area (Å²) < 4.78 is 10.1. The number of amides is 4. The monoisotopic (exact) mass is 286 g/mol. The van der Waals surface area contributed by atoms with E-state index in [0.717, 1.165) is 11.3 Å². The van der Waals surface area contributed by atoms with Crippen LogP contribution in [0.15, 0.2) is 0 Å². The first-order valence-electron chi connectivity index (χ1n) is 6.65.